The fraction of sp³-hybridized carbons (Fsp3) is 0.364. The number of fused-ring (bicyclic) bond motifs is 1. The summed E-state index contributed by atoms with van der Waals surface area (Å²) in [5.41, 5.74) is 0.0679. The van der Waals surface area contributed by atoms with E-state index >= 15 is 0 Å². The SMILES string of the molecule is COc1cccc(O[C@H]2CCN(C(=O)CN3C(=O)c4ccccc4S3(=O)=O)CC[C@@H]2O)c1. The highest BCUT2D eigenvalue weighted by Gasteiger charge is 2.42. The highest BCUT2D eigenvalue weighted by molar-refractivity contribution is 7.90. The highest BCUT2D eigenvalue weighted by Crippen LogP contribution is 2.30. The van der Waals surface area contributed by atoms with Crippen LogP contribution >= 0.6 is 0 Å². The zero-order valence-corrected chi connectivity index (χ0v) is 18.3. The molecule has 2 heterocycles. The number of likely N-dealkylation sites (tertiary alicyclic amines) is 1. The Labute approximate surface area is 186 Å². The van der Waals surface area contributed by atoms with Crippen LogP contribution in [-0.2, 0) is 14.8 Å². The Kier molecular flexibility index (Phi) is 6.07. The molecule has 0 unspecified atom stereocenters. The smallest absolute Gasteiger partial charge is 0.269 e. The van der Waals surface area contributed by atoms with Crippen molar-refractivity contribution in [3.8, 4) is 11.5 Å². The molecule has 9 nitrogen and oxygen atoms in total. The van der Waals surface area contributed by atoms with Crippen LogP contribution in [0.3, 0.4) is 0 Å². The van der Waals surface area contributed by atoms with Crippen molar-refractivity contribution in [2.45, 2.75) is 29.9 Å². The Morgan fingerprint density at radius 2 is 1.81 bits per heavy atom. The molecule has 1 fully saturated rings. The van der Waals surface area contributed by atoms with E-state index in [-0.39, 0.29) is 30.0 Å². The van der Waals surface area contributed by atoms with Crippen LogP contribution in [-0.4, -0.2) is 73.5 Å². The van der Waals surface area contributed by atoms with Gasteiger partial charge in [0.05, 0.1) is 18.8 Å². The monoisotopic (exact) mass is 460 g/mol. The lowest BCUT2D eigenvalue weighted by atomic mass is 10.1. The van der Waals surface area contributed by atoms with Crippen molar-refractivity contribution in [1.82, 2.24) is 9.21 Å². The number of methoxy groups -OCH3 is 1. The first-order valence-corrected chi connectivity index (χ1v) is 11.7. The second kappa shape index (κ2) is 8.79. The van der Waals surface area contributed by atoms with Gasteiger partial charge in [0, 0.05) is 25.6 Å². The lowest BCUT2D eigenvalue weighted by Crippen LogP contribution is -2.43. The first-order valence-electron chi connectivity index (χ1n) is 10.2. The molecule has 0 aliphatic carbocycles. The molecule has 32 heavy (non-hydrogen) atoms. The maximum atomic E-state index is 12.9. The van der Waals surface area contributed by atoms with Crippen LogP contribution in [0.15, 0.2) is 53.4 Å². The standard InChI is InChI=1S/C22H24N2O7S/c1-30-15-5-4-6-16(13-15)31-19-10-12-23(11-9-18(19)25)21(26)14-24-22(27)17-7-2-3-8-20(17)32(24,28)29/h2-8,13,18-19,25H,9-12,14H2,1H3/t18-,19-/m0/s1. The van der Waals surface area contributed by atoms with E-state index in [2.05, 4.69) is 0 Å². The molecule has 0 saturated carbocycles. The number of sulfonamides is 1. The van der Waals surface area contributed by atoms with Gasteiger partial charge in [-0.25, -0.2) is 12.7 Å². The Morgan fingerprint density at radius 3 is 2.56 bits per heavy atom. The number of aliphatic hydroxyl groups is 1. The molecule has 0 radical (unpaired) electrons. The summed E-state index contributed by atoms with van der Waals surface area (Å²) in [7, 11) is -2.51. The second-order valence-corrected chi connectivity index (χ2v) is 9.50. The van der Waals surface area contributed by atoms with Crippen molar-refractivity contribution in [3.05, 3.63) is 54.1 Å². The lowest BCUT2D eigenvalue weighted by Gasteiger charge is -2.23. The van der Waals surface area contributed by atoms with Gasteiger partial charge in [-0.15, -0.1) is 0 Å². The number of benzene rings is 2. The van der Waals surface area contributed by atoms with E-state index in [1.807, 2.05) is 0 Å². The van der Waals surface area contributed by atoms with E-state index in [9.17, 15) is 23.1 Å². The zero-order chi connectivity index (χ0) is 22.9. The van der Waals surface area contributed by atoms with E-state index in [0.29, 0.717) is 22.2 Å². The van der Waals surface area contributed by atoms with Gasteiger partial charge < -0.3 is 19.5 Å². The number of amides is 2. The van der Waals surface area contributed by atoms with Crippen LogP contribution in [0.1, 0.15) is 23.2 Å². The van der Waals surface area contributed by atoms with Gasteiger partial charge in [0.25, 0.3) is 15.9 Å². The normalized spacial score (nSPS) is 22.2. The molecule has 170 valence electrons. The second-order valence-electron chi connectivity index (χ2n) is 7.67. The van der Waals surface area contributed by atoms with Crippen molar-refractivity contribution in [3.63, 3.8) is 0 Å². The van der Waals surface area contributed by atoms with Gasteiger partial charge in [0.1, 0.15) is 29.0 Å². The summed E-state index contributed by atoms with van der Waals surface area (Å²) < 4.78 is 37.1. The van der Waals surface area contributed by atoms with E-state index in [1.165, 1.54) is 23.1 Å². The molecule has 1 saturated heterocycles. The fourth-order valence-electron chi connectivity index (χ4n) is 3.91. The van der Waals surface area contributed by atoms with E-state index in [1.54, 1.807) is 37.4 Å². The number of rotatable bonds is 5. The Morgan fingerprint density at radius 1 is 1.09 bits per heavy atom. The van der Waals surface area contributed by atoms with E-state index in [0.717, 1.165) is 0 Å². The van der Waals surface area contributed by atoms with Crippen LogP contribution < -0.4 is 9.47 Å². The summed E-state index contributed by atoms with van der Waals surface area (Å²) >= 11 is 0. The molecular formula is C22H24N2O7S. The molecule has 2 aromatic carbocycles. The predicted octanol–water partition coefficient (Wildman–Crippen LogP) is 1.27. The minimum absolute atomic E-state index is 0.0679. The molecular weight excluding hydrogens is 436 g/mol. The average molecular weight is 461 g/mol. The molecule has 4 rings (SSSR count). The van der Waals surface area contributed by atoms with Crippen molar-refractivity contribution in [2.24, 2.45) is 0 Å². The van der Waals surface area contributed by atoms with Crippen molar-refractivity contribution in [2.75, 3.05) is 26.7 Å². The van der Waals surface area contributed by atoms with Gasteiger partial charge in [-0.3, -0.25) is 9.59 Å². The van der Waals surface area contributed by atoms with Gasteiger partial charge in [-0.05, 0) is 30.7 Å². The summed E-state index contributed by atoms with van der Waals surface area (Å²) in [6.07, 6.45) is -0.728. The number of aliphatic hydroxyl groups excluding tert-OH is 1. The Bertz CT molecular complexity index is 1130. The maximum absolute atomic E-state index is 12.9. The maximum Gasteiger partial charge on any atom is 0.269 e. The van der Waals surface area contributed by atoms with E-state index < -0.39 is 40.6 Å². The van der Waals surface area contributed by atoms with Crippen LogP contribution in [0.5, 0.6) is 11.5 Å². The fourth-order valence-corrected chi connectivity index (χ4v) is 5.43. The number of carbonyl (C=O) groups is 2. The van der Waals surface area contributed by atoms with Gasteiger partial charge >= 0.3 is 0 Å². The third-order valence-electron chi connectivity index (χ3n) is 5.68. The molecule has 10 heteroatoms. The summed E-state index contributed by atoms with van der Waals surface area (Å²) in [5, 5.41) is 10.5. The minimum atomic E-state index is -4.06. The summed E-state index contributed by atoms with van der Waals surface area (Å²) in [6, 6.07) is 12.9. The molecule has 2 atom stereocenters. The number of hydrogen-bond acceptors (Lipinski definition) is 7. The van der Waals surface area contributed by atoms with Gasteiger partial charge in [-0.1, -0.05) is 18.2 Å². The highest BCUT2D eigenvalue weighted by atomic mass is 32.2. The van der Waals surface area contributed by atoms with Crippen molar-refractivity contribution >= 4 is 21.8 Å². The Hall–Kier alpha value is -3.11. The summed E-state index contributed by atoms with van der Waals surface area (Å²) in [6.45, 7) is -0.0834. The third kappa shape index (κ3) is 4.15. The topological polar surface area (TPSA) is 113 Å². The van der Waals surface area contributed by atoms with Crippen molar-refractivity contribution in [1.29, 1.82) is 0 Å². The predicted molar refractivity (Wildman–Crippen MR) is 114 cm³/mol. The summed E-state index contributed by atoms with van der Waals surface area (Å²) in [4.78, 5) is 26.8. The molecule has 0 aromatic heterocycles. The number of ether oxygens (including phenoxy) is 2. The average Bonchev–Trinajstić information content (AvgIpc) is 2.90. The van der Waals surface area contributed by atoms with Gasteiger partial charge in [0.2, 0.25) is 5.91 Å². The number of hydrogen-bond donors (Lipinski definition) is 1. The van der Waals surface area contributed by atoms with Crippen LogP contribution in [0.25, 0.3) is 0 Å². The lowest BCUT2D eigenvalue weighted by molar-refractivity contribution is -0.131. The summed E-state index contributed by atoms with van der Waals surface area (Å²) in [5.74, 6) is -0.0356. The molecule has 2 aromatic rings. The first-order chi connectivity index (χ1) is 15.3. The zero-order valence-electron chi connectivity index (χ0n) is 17.5. The molecule has 2 aliphatic rings. The largest absolute Gasteiger partial charge is 0.497 e. The molecule has 2 amide bonds. The molecule has 1 N–H and O–H groups in total. The molecule has 0 bridgehead atoms. The Balaban J connectivity index is 1.42. The quantitative estimate of drug-likeness (QED) is 0.715. The minimum Gasteiger partial charge on any atom is -0.497 e. The molecule has 0 spiro atoms. The van der Waals surface area contributed by atoms with Crippen LogP contribution in [0, 0.1) is 0 Å². The van der Waals surface area contributed by atoms with Gasteiger partial charge in [-0.2, -0.15) is 0 Å². The number of nitrogens with zero attached hydrogens (tertiary/aromatic N) is 2. The van der Waals surface area contributed by atoms with Crippen LogP contribution in [0.2, 0.25) is 0 Å². The number of carbonyl (C=O) groups excluding carboxylic acids is 2. The van der Waals surface area contributed by atoms with E-state index in [4.69, 9.17) is 9.47 Å². The first kappa shape index (κ1) is 22.1. The third-order valence-corrected chi connectivity index (χ3v) is 7.47. The van der Waals surface area contributed by atoms with Crippen molar-refractivity contribution < 1.29 is 32.6 Å². The van der Waals surface area contributed by atoms with Gasteiger partial charge in [0.15, 0.2) is 0 Å². The van der Waals surface area contributed by atoms with Crippen LogP contribution in [0.4, 0.5) is 0 Å². The molecule has 2 aliphatic heterocycles.